The Kier molecular flexibility index (Phi) is 7.79. The highest BCUT2D eigenvalue weighted by Crippen LogP contribution is 2.28. The number of hydrogen-bond donors (Lipinski definition) is 2. The predicted molar refractivity (Wildman–Crippen MR) is 109 cm³/mol. The van der Waals surface area contributed by atoms with E-state index in [9.17, 15) is 18.0 Å². The van der Waals surface area contributed by atoms with E-state index >= 15 is 0 Å². The Morgan fingerprint density at radius 3 is 2.20 bits per heavy atom. The van der Waals surface area contributed by atoms with E-state index in [2.05, 4.69) is 5.43 Å². The van der Waals surface area contributed by atoms with E-state index < -0.39 is 21.9 Å². The largest absolute Gasteiger partial charge is 0.493 e. The van der Waals surface area contributed by atoms with Crippen LogP contribution in [0.2, 0.25) is 0 Å². The van der Waals surface area contributed by atoms with Crippen LogP contribution in [0.5, 0.6) is 11.5 Å². The Hall–Kier alpha value is -3.11. The Morgan fingerprint density at radius 1 is 1.00 bits per heavy atom. The van der Waals surface area contributed by atoms with Gasteiger partial charge in [0, 0.05) is 5.56 Å². The lowest BCUT2D eigenvalue weighted by Crippen LogP contribution is -2.41. The average Bonchev–Trinajstić information content (AvgIpc) is 2.72. The number of benzene rings is 2. The lowest BCUT2D eigenvalue weighted by molar-refractivity contribution is 0.0526. The minimum Gasteiger partial charge on any atom is -0.493 e. The summed E-state index contributed by atoms with van der Waals surface area (Å²) in [5.41, 5.74) is 2.53. The van der Waals surface area contributed by atoms with Crippen LogP contribution in [0, 0.1) is 0 Å². The molecule has 0 aliphatic rings. The standard InChI is InChI=1S/C20H24N2O7S/c1-5-28-20(24)14-6-9-16(10-7-14)30(25,26)22-21-19(23)15-8-11-17(29-13(2)3)18(12-15)27-4/h6-13,22H,5H2,1-4H3,(H,21,23). The van der Waals surface area contributed by atoms with Gasteiger partial charge in [-0.05, 0) is 63.2 Å². The fraction of sp³-hybridized carbons (Fsp3) is 0.300. The van der Waals surface area contributed by atoms with E-state index in [4.69, 9.17) is 14.2 Å². The lowest BCUT2D eigenvalue weighted by Gasteiger charge is -2.14. The van der Waals surface area contributed by atoms with E-state index in [-0.39, 0.29) is 28.7 Å². The second-order valence-corrected chi connectivity index (χ2v) is 8.02. The highest BCUT2D eigenvalue weighted by Gasteiger charge is 2.18. The maximum atomic E-state index is 12.4. The summed E-state index contributed by atoms with van der Waals surface area (Å²) in [5, 5.41) is 0. The molecule has 0 bridgehead atoms. The number of hydrogen-bond acceptors (Lipinski definition) is 7. The first-order valence-corrected chi connectivity index (χ1v) is 10.6. The normalized spacial score (nSPS) is 11.1. The van der Waals surface area contributed by atoms with Gasteiger partial charge in [-0.2, -0.15) is 0 Å². The van der Waals surface area contributed by atoms with Gasteiger partial charge in [0.2, 0.25) is 0 Å². The van der Waals surface area contributed by atoms with Crippen molar-refractivity contribution in [1.82, 2.24) is 10.3 Å². The molecule has 0 saturated heterocycles. The fourth-order valence-corrected chi connectivity index (χ4v) is 3.23. The molecule has 30 heavy (non-hydrogen) atoms. The van der Waals surface area contributed by atoms with E-state index in [1.165, 1.54) is 43.5 Å². The van der Waals surface area contributed by atoms with E-state index in [1.807, 2.05) is 18.7 Å². The maximum absolute atomic E-state index is 12.4. The van der Waals surface area contributed by atoms with Crippen LogP contribution in [0.1, 0.15) is 41.5 Å². The smallest absolute Gasteiger partial charge is 0.338 e. The molecule has 0 radical (unpaired) electrons. The summed E-state index contributed by atoms with van der Waals surface area (Å²) in [6.45, 7) is 5.59. The summed E-state index contributed by atoms with van der Waals surface area (Å²) in [7, 11) is -2.61. The number of amides is 1. The quantitative estimate of drug-likeness (QED) is 0.457. The van der Waals surface area contributed by atoms with Crippen molar-refractivity contribution >= 4 is 21.9 Å². The molecule has 0 fully saturated rings. The zero-order valence-corrected chi connectivity index (χ0v) is 17.9. The average molecular weight is 436 g/mol. The molecule has 2 aromatic rings. The fourth-order valence-electron chi connectivity index (χ4n) is 2.39. The van der Waals surface area contributed by atoms with Crippen molar-refractivity contribution < 1.29 is 32.2 Å². The number of sulfonamides is 1. The number of methoxy groups -OCH3 is 1. The molecule has 0 saturated carbocycles. The SMILES string of the molecule is CCOC(=O)c1ccc(S(=O)(=O)NNC(=O)c2ccc(OC(C)C)c(OC)c2)cc1. The molecule has 0 unspecified atom stereocenters. The zero-order valence-electron chi connectivity index (χ0n) is 17.1. The van der Waals surface area contributed by atoms with Crippen LogP contribution >= 0.6 is 0 Å². The molecule has 2 rings (SSSR count). The van der Waals surface area contributed by atoms with Gasteiger partial charge in [-0.15, -0.1) is 4.83 Å². The van der Waals surface area contributed by atoms with Gasteiger partial charge in [0.15, 0.2) is 11.5 Å². The molecule has 2 N–H and O–H groups in total. The number of rotatable bonds is 9. The van der Waals surface area contributed by atoms with Gasteiger partial charge in [-0.1, -0.05) is 0 Å². The summed E-state index contributed by atoms with van der Waals surface area (Å²) >= 11 is 0. The second kappa shape index (κ2) is 10.1. The summed E-state index contributed by atoms with van der Waals surface area (Å²) in [6, 6.07) is 9.62. The number of nitrogens with one attached hydrogen (secondary N) is 2. The topological polar surface area (TPSA) is 120 Å². The number of ether oxygens (including phenoxy) is 3. The molecule has 162 valence electrons. The van der Waals surface area contributed by atoms with Crippen molar-refractivity contribution in [1.29, 1.82) is 0 Å². The monoisotopic (exact) mass is 436 g/mol. The molecule has 9 nitrogen and oxygen atoms in total. The molecule has 2 aromatic carbocycles. The van der Waals surface area contributed by atoms with Gasteiger partial charge < -0.3 is 14.2 Å². The minimum atomic E-state index is -4.05. The van der Waals surface area contributed by atoms with Crippen LogP contribution in [0.4, 0.5) is 0 Å². The number of carbonyl (C=O) groups excluding carboxylic acids is 2. The number of esters is 1. The van der Waals surface area contributed by atoms with Crippen molar-refractivity contribution in [2.75, 3.05) is 13.7 Å². The third kappa shape index (κ3) is 5.94. The minimum absolute atomic E-state index is 0.0828. The van der Waals surface area contributed by atoms with Gasteiger partial charge in [0.05, 0.1) is 30.3 Å². The van der Waals surface area contributed by atoms with Crippen LogP contribution in [0.25, 0.3) is 0 Å². The van der Waals surface area contributed by atoms with E-state index in [1.54, 1.807) is 13.0 Å². The summed E-state index contributed by atoms with van der Waals surface area (Å²) in [5.74, 6) is -0.433. The molecule has 0 aliphatic heterocycles. The van der Waals surface area contributed by atoms with Gasteiger partial charge in [-0.3, -0.25) is 10.2 Å². The molecule has 0 atom stereocenters. The van der Waals surface area contributed by atoms with Gasteiger partial charge in [0.25, 0.3) is 15.9 Å². The molecule has 0 aliphatic carbocycles. The third-order valence-electron chi connectivity index (χ3n) is 3.76. The highest BCUT2D eigenvalue weighted by molar-refractivity contribution is 7.89. The molecule has 0 spiro atoms. The Labute approximate surface area is 175 Å². The van der Waals surface area contributed by atoms with Crippen molar-refractivity contribution in [2.45, 2.75) is 31.8 Å². The summed E-state index contributed by atoms with van der Waals surface area (Å²) in [4.78, 5) is 25.9. The van der Waals surface area contributed by atoms with E-state index in [0.717, 1.165) is 0 Å². The maximum Gasteiger partial charge on any atom is 0.338 e. The van der Waals surface area contributed by atoms with E-state index in [0.29, 0.717) is 11.5 Å². The first-order chi connectivity index (χ1) is 14.2. The Balaban J connectivity index is 2.08. The number of hydrazine groups is 1. The zero-order chi connectivity index (χ0) is 22.3. The molecule has 1 amide bonds. The van der Waals surface area contributed by atoms with Crippen LogP contribution in [0.3, 0.4) is 0 Å². The van der Waals surface area contributed by atoms with Crippen LogP contribution in [-0.4, -0.2) is 40.1 Å². The first kappa shape index (κ1) is 23.2. The van der Waals surface area contributed by atoms with Gasteiger partial charge in [0.1, 0.15) is 0 Å². The van der Waals surface area contributed by atoms with Gasteiger partial charge >= 0.3 is 5.97 Å². The molecular formula is C20H24N2O7S. The van der Waals surface area contributed by atoms with Crippen molar-refractivity contribution in [3.05, 3.63) is 53.6 Å². The molecule has 0 heterocycles. The van der Waals surface area contributed by atoms with Crippen molar-refractivity contribution in [3.63, 3.8) is 0 Å². The summed E-state index contributed by atoms with van der Waals surface area (Å²) in [6.07, 6.45) is -0.0828. The van der Waals surface area contributed by atoms with Gasteiger partial charge in [-0.25, -0.2) is 13.2 Å². The number of carbonyl (C=O) groups is 2. The van der Waals surface area contributed by atoms with Crippen molar-refractivity contribution in [3.8, 4) is 11.5 Å². The molecule has 0 aromatic heterocycles. The second-order valence-electron chi connectivity index (χ2n) is 6.34. The van der Waals surface area contributed by atoms with Crippen LogP contribution in [0.15, 0.2) is 47.4 Å². The predicted octanol–water partition coefficient (Wildman–Crippen LogP) is 2.28. The Morgan fingerprint density at radius 2 is 1.63 bits per heavy atom. The Bertz CT molecular complexity index is 1000. The van der Waals surface area contributed by atoms with Crippen molar-refractivity contribution in [2.24, 2.45) is 0 Å². The molecular weight excluding hydrogens is 412 g/mol. The van der Waals surface area contributed by atoms with Crippen LogP contribution in [-0.2, 0) is 14.8 Å². The third-order valence-corrected chi connectivity index (χ3v) is 5.03. The van der Waals surface area contributed by atoms with Crippen LogP contribution < -0.4 is 19.7 Å². The lowest BCUT2D eigenvalue weighted by atomic mass is 10.2. The summed E-state index contributed by atoms with van der Waals surface area (Å²) < 4.78 is 40.4. The highest BCUT2D eigenvalue weighted by atomic mass is 32.2. The first-order valence-electron chi connectivity index (χ1n) is 9.12. The molecule has 10 heteroatoms.